The lowest BCUT2D eigenvalue weighted by atomic mass is 10.1. The maximum Gasteiger partial charge on any atom is 0.340 e. The topological polar surface area (TPSA) is 58.6 Å². The zero-order chi connectivity index (χ0) is 12.8. The summed E-state index contributed by atoms with van der Waals surface area (Å²) in [5.74, 6) is -0.388. The zero-order valence-electron chi connectivity index (χ0n) is 9.24. The quantitative estimate of drug-likeness (QED) is 0.640. The van der Waals surface area contributed by atoms with E-state index < -0.39 is 12.1 Å². The number of carbonyl (C=O) groups is 1. The molecule has 6 heteroatoms. The van der Waals surface area contributed by atoms with Crippen molar-refractivity contribution in [3.8, 4) is 0 Å². The molecule has 0 aromatic heterocycles. The maximum atomic E-state index is 11.5. The highest BCUT2D eigenvalue weighted by Gasteiger charge is 2.15. The molecule has 0 amide bonds. The molecule has 0 fully saturated rings. The number of ether oxygens (including phenoxy) is 1. The minimum absolute atomic E-state index is 0.102. The smallest absolute Gasteiger partial charge is 0.340 e. The fraction of sp³-hybridized carbons (Fsp3) is 0.364. The van der Waals surface area contributed by atoms with E-state index in [1.807, 2.05) is 0 Å². The lowest BCUT2D eigenvalue weighted by molar-refractivity contribution is 0.0601. The second kappa shape index (κ2) is 6.69. The molecule has 0 saturated heterocycles. The molecule has 0 saturated carbocycles. The van der Waals surface area contributed by atoms with Crippen LogP contribution in [0.3, 0.4) is 0 Å². The highest BCUT2D eigenvalue weighted by molar-refractivity contribution is 6.34. The van der Waals surface area contributed by atoms with Crippen LogP contribution < -0.4 is 5.32 Å². The number of rotatable bonds is 5. The Hall–Kier alpha value is -0.970. The van der Waals surface area contributed by atoms with Gasteiger partial charge in [0.1, 0.15) is 0 Å². The normalized spacial score (nSPS) is 12.0. The Kier molecular flexibility index (Phi) is 5.55. The number of anilines is 1. The minimum atomic E-state index is -0.710. The summed E-state index contributed by atoms with van der Waals surface area (Å²) in [5.41, 5.74) is 0.756. The summed E-state index contributed by atoms with van der Waals surface area (Å²) in [6, 6.07) is 4.88. The van der Waals surface area contributed by atoms with Crippen LogP contribution in [0.2, 0.25) is 5.02 Å². The van der Waals surface area contributed by atoms with Crippen LogP contribution in [0.4, 0.5) is 5.69 Å². The molecule has 0 radical (unpaired) electrons. The first-order chi connectivity index (χ1) is 8.10. The number of hydrogen-bond acceptors (Lipinski definition) is 4. The van der Waals surface area contributed by atoms with Gasteiger partial charge in [-0.3, -0.25) is 0 Å². The van der Waals surface area contributed by atoms with Gasteiger partial charge < -0.3 is 15.2 Å². The molecular weight excluding hydrogens is 265 g/mol. The van der Waals surface area contributed by atoms with E-state index >= 15 is 0 Å². The van der Waals surface area contributed by atoms with Gasteiger partial charge in [-0.1, -0.05) is 17.7 Å². The fourth-order valence-corrected chi connectivity index (χ4v) is 1.61. The average Bonchev–Trinajstić information content (AvgIpc) is 2.35. The van der Waals surface area contributed by atoms with Gasteiger partial charge in [0.25, 0.3) is 0 Å². The molecule has 1 atom stereocenters. The van der Waals surface area contributed by atoms with Crippen molar-refractivity contribution >= 4 is 34.9 Å². The van der Waals surface area contributed by atoms with E-state index in [0.717, 1.165) is 0 Å². The number of aliphatic hydroxyl groups is 1. The third-order valence-electron chi connectivity index (χ3n) is 2.11. The van der Waals surface area contributed by atoms with Crippen LogP contribution in [0.15, 0.2) is 18.2 Å². The molecule has 1 unspecified atom stereocenters. The van der Waals surface area contributed by atoms with Gasteiger partial charge in [0.15, 0.2) is 0 Å². The number of methoxy groups -OCH3 is 1. The van der Waals surface area contributed by atoms with Crippen molar-refractivity contribution in [1.82, 2.24) is 0 Å². The standard InChI is InChI=1S/C11H13Cl2NO3/c1-17-11(16)8-3-2-4-9(13)10(8)14-6-7(15)5-12/h2-4,7,14-15H,5-6H2,1H3. The Morgan fingerprint density at radius 1 is 1.59 bits per heavy atom. The average molecular weight is 278 g/mol. The number of alkyl halides is 1. The molecule has 17 heavy (non-hydrogen) atoms. The molecule has 2 N–H and O–H groups in total. The van der Waals surface area contributed by atoms with E-state index in [1.54, 1.807) is 18.2 Å². The Morgan fingerprint density at radius 2 is 2.29 bits per heavy atom. The van der Waals surface area contributed by atoms with Crippen molar-refractivity contribution in [2.45, 2.75) is 6.10 Å². The summed E-state index contributed by atoms with van der Waals surface area (Å²) in [6.07, 6.45) is -0.710. The Bertz CT molecular complexity index is 398. The predicted octanol–water partition coefficient (Wildman–Crippen LogP) is 2.14. The summed E-state index contributed by atoms with van der Waals surface area (Å²) in [4.78, 5) is 11.5. The first kappa shape index (κ1) is 14.1. The van der Waals surface area contributed by atoms with Gasteiger partial charge in [-0.2, -0.15) is 0 Å². The summed E-state index contributed by atoms with van der Waals surface area (Å²) < 4.78 is 4.64. The largest absolute Gasteiger partial charge is 0.465 e. The lowest BCUT2D eigenvalue weighted by Gasteiger charge is -2.14. The van der Waals surface area contributed by atoms with Crippen molar-refractivity contribution in [3.63, 3.8) is 0 Å². The van der Waals surface area contributed by atoms with Crippen LogP contribution in [0.1, 0.15) is 10.4 Å². The van der Waals surface area contributed by atoms with Crippen molar-refractivity contribution in [2.75, 3.05) is 24.9 Å². The SMILES string of the molecule is COC(=O)c1cccc(Cl)c1NCC(O)CCl. The molecule has 0 aliphatic carbocycles. The number of halogens is 2. The van der Waals surface area contributed by atoms with Crippen molar-refractivity contribution in [1.29, 1.82) is 0 Å². The van der Waals surface area contributed by atoms with Gasteiger partial charge in [0.2, 0.25) is 0 Å². The van der Waals surface area contributed by atoms with E-state index in [4.69, 9.17) is 23.2 Å². The lowest BCUT2D eigenvalue weighted by Crippen LogP contribution is -2.22. The predicted molar refractivity (Wildman–Crippen MR) is 68.0 cm³/mol. The molecule has 0 heterocycles. The van der Waals surface area contributed by atoms with Gasteiger partial charge in [-0.05, 0) is 12.1 Å². The number of hydrogen-bond donors (Lipinski definition) is 2. The second-order valence-electron chi connectivity index (χ2n) is 3.34. The second-order valence-corrected chi connectivity index (χ2v) is 4.06. The molecule has 1 aromatic carbocycles. The molecule has 1 rings (SSSR count). The van der Waals surface area contributed by atoms with Gasteiger partial charge in [-0.15, -0.1) is 11.6 Å². The van der Waals surface area contributed by atoms with E-state index in [1.165, 1.54) is 7.11 Å². The van der Waals surface area contributed by atoms with E-state index in [9.17, 15) is 9.90 Å². The molecular formula is C11H13Cl2NO3. The van der Waals surface area contributed by atoms with Crippen molar-refractivity contribution in [2.24, 2.45) is 0 Å². The number of carbonyl (C=O) groups excluding carboxylic acids is 1. The highest BCUT2D eigenvalue weighted by atomic mass is 35.5. The molecule has 4 nitrogen and oxygen atoms in total. The Labute approximate surface area is 109 Å². The van der Waals surface area contributed by atoms with Gasteiger partial charge in [0.05, 0.1) is 35.4 Å². The number of benzene rings is 1. The summed E-state index contributed by atoms with van der Waals surface area (Å²) in [5, 5.41) is 12.6. The third-order valence-corrected chi connectivity index (χ3v) is 2.78. The highest BCUT2D eigenvalue weighted by Crippen LogP contribution is 2.26. The first-order valence-corrected chi connectivity index (χ1v) is 5.86. The van der Waals surface area contributed by atoms with E-state index in [-0.39, 0.29) is 12.4 Å². The van der Waals surface area contributed by atoms with Gasteiger partial charge >= 0.3 is 5.97 Å². The summed E-state index contributed by atoms with van der Waals surface area (Å²) in [7, 11) is 1.29. The van der Waals surface area contributed by atoms with Crippen LogP contribution in [-0.4, -0.2) is 36.7 Å². The number of nitrogens with one attached hydrogen (secondary N) is 1. The number of para-hydroxylation sites is 1. The third kappa shape index (κ3) is 3.77. The molecule has 94 valence electrons. The summed E-state index contributed by atoms with van der Waals surface area (Å²) >= 11 is 11.4. The van der Waals surface area contributed by atoms with Crippen molar-refractivity contribution in [3.05, 3.63) is 28.8 Å². The van der Waals surface area contributed by atoms with Crippen LogP contribution in [0.5, 0.6) is 0 Å². The molecule has 0 bridgehead atoms. The zero-order valence-corrected chi connectivity index (χ0v) is 10.8. The molecule has 1 aromatic rings. The molecule has 0 aliphatic rings. The first-order valence-electron chi connectivity index (χ1n) is 4.95. The monoisotopic (exact) mass is 277 g/mol. The van der Waals surface area contributed by atoms with Crippen LogP contribution in [0, 0.1) is 0 Å². The number of esters is 1. The molecule has 0 aliphatic heterocycles. The number of aliphatic hydroxyl groups excluding tert-OH is 1. The van der Waals surface area contributed by atoms with Crippen molar-refractivity contribution < 1.29 is 14.6 Å². The Morgan fingerprint density at radius 3 is 2.88 bits per heavy atom. The van der Waals surface area contributed by atoms with Gasteiger partial charge in [0, 0.05) is 6.54 Å². The minimum Gasteiger partial charge on any atom is -0.465 e. The van der Waals surface area contributed by atoms with Crippen LogP contribution in [0.25, 0.3) is 0 Å². The fourth-order valence-electron chi connectivity index (χ4n) is 1.26. The Balaban J connectivity index is 2.92. The summed E-state index contributed by atoms with van der Waals surface area (Å²) in [6.45, 7) is 0.206. The van der Waals surface area contributed by atoms with E-state index in [0.29, 0.717) is 16.3 Å². The molecule has 0 spiro atoms. The van der Waals surface area contributed by atoms with Crippen LogP contribution in [-0.2, 0) is 4.74 Å². The van der Waals surface area contributed by atoms with Gasteiger partial charge in [-0.25, -0.2) is 4.79 Å². The maximum absolute atomic E-state index is 11.5. The van der Waals surface area contributed by atoms with Crippen LogP contribution >= 0.6 is 23.2 Å². The van der Waals surface area contributed by atoms with E-state index in [2.05, 4.69) is 10.1 Å².